The van der Waals surface area contributed by atoms with Crippen LogP contribution >= 0.6 is 22.9 Å². The number of hydrogen-bond donors (Lipinski definition) is 1. The van der Waals surface area contributed by atoms with Gasteiger partial charge in [0.15, 0.2) is 6.10 Å². The number of rotatable bonds is 4. The van der Waals surface area contributed by atoms with E-state index in [0.29, 0.717) is 9.90 Å². The lowest BCUT2D eigenvalue weighted by molar-refractivity contribution is -0.125. The molecule has 3 rings (SSSR count). The number of ether oxygens (including phenoxy) is 1. The number of carbonyl (C=O) groups is 2. The molecule has 0 fully saturated rings. The monoisotopic (exact) mass is 363 g/mol. The van der Waals surface area contributed by atoms with Gasteiger partial charge in [-0.15, -0.1) is 11.3 Å². The van der Waals surface area contributed by atoms with Gasteiger partial charge >= 0.3 is 5.97 Å². The molecule has 8 heteroatoms. The highest BCUT2D eigenvalue weighted by Gasteiger charge is 2.21. The number of thiophene rings is 1. The molecular formula is C16H14ClN3O3S. The third-order valence-electron chi connectivity index (χ3n) is 3.50. The number of carbonyl (C=O) groups excluding carboxylic acids is 2. The maximum Gasteiger partial charge on any atom is 0.349 e. The quantitative estimate of drug-likeness (QED) is 0.721. The highest BCUT2D eigenvalue weighted by molar-refractivity contribution is 7.20. The minimum absolute atomic E-state index is 0.390. The van der Waals surface area contributed by atoms with Gasteiger partial charge in [-0.1, -0.05) is 11.6 Å². The van der Waals surface area contributed by atoms with Crippen molar-refractivity contribution in [1.82, 2.24) is 9.78 Å². The molecule has 0 aliphatic rings. The summed E-state index contributed by atoms with van der Waals surface area (Å²) < 4.78 is 6.80. The number of benzene rings is 1. The minimum atomic E-state index is -0.975. The molecule has 0 spiro atoms. The lowest BCUT2D eigenvalue weighted by Crippen LogP contribution is -2.30. The third kappa shape index (κ3) is 3.00. The van der Waals surface area contributed by atoms with Crippen LogP contribution in [0.2, 0.25) is 5.02 Å². The van der Waals surface area contributed by atoms with Crippen LogP contribution in [0.4, 0.5) is 0 Å². The molecule has 0 aliphatic carbocycles. The zero-order chi connectivity index (χ0) is 17.4. The smallest absolute Gasteiger partial charge is 0.349 e. The van der Waals surface area contributed by atoms with E-state index in [4.69, 9.17) is 22.1 Å². The lowest BCUT2D eigenvalue weighted by Gasteiger charge is -2.07. The Morgan fingerprint density at radius 3 is 2.62 bits per heavy atom. The molecule has 2 aromatic heterocycles. The van der Waals surface area contributed by atoms with Crippen LogP contribution in [-0.4, -0.2) is 27.8 Å². The van der Waals surface area contributed by atoms with E-state index < -0.39 is 18.0 Å². The van der Waals surface area contributed by atoms with Crippen LogP contribution in [0, 0.1) is 6.92 Å². The number of esters is 1. The summed E-state index contributed by atoms with van der Waals surface area (Å²) >= 11 is 7.16. The fourth-order valence-electron chi connectivity index (χ4n) is 2.18. The first-order valence-corrected chi connectivity index (χ1v) is 8.31. The second kappa shape index (κ2) is 6.26. The fraction of sp³-hybridized carbons (Fsp3) is 0.188. The molecule has 0 saturated heterocycles. The van der Waals surface area contributed by atoms with Gasteiger partial charge in [0.05, 0.1) is 11.4 Å². The van der Waals surface area contributed by atoms with Crippen LogP contribution in [0.5, 0.6) is 0 Å². The normalized spacial score (nSPS) is 12.3. The van der Waals surface area contributed by atoms with Crippen LogP contribution in [0.3, 0.4) is 0 Å². The molecule has 1 atom stereocenters. The van der Waals surface area contributed by atoms with E-state index in [0.717, 1.165) is 21.6 Å². The molecule has 2 heterocycles. The van der Waals surface area contributed by atoms with Gasteiger partial charge in [0.1, 0.15) is 9.71 Å². The Morgan fingerprint density at radius 1 is 1.33 bits per heavy atom. The number of halogens is 1. The first kappa shape index (κ1) is 16.5. The van der Waals surface area contributed by atoms with E-state index in [9.17, 15) is 9.59 Å². The van der Waals surface area contributed by atoms with Crippen LogP contribution < -0.4 is 5.73 Å². The van der Waals surface area contributed by atoms with E-state index in [-0.39, 0.29) is 0 Å². The molecular weight excluding hydrogens is 350 g/mol. The molecule has 24 heavy (non-hydrogen) atoms. The molecule has 0 radical (unpaired) electrons. The molecule has 124 valence electrons. The summed E-state index contributed by atoms with van der Waals surface area (Å²) in [5.74, 6) is -1.27. The molecule has 3 aromatic rings. The highest BCUT2D eigenvalue weighted by Crippen LogP contribution is 2.31. The summed E-state index contributed by atoms with van der Waals surface area (Å²) in [4.78, 5) is 24.4. The number of primary amides is 1. The molecule has 1 amide bonds. The van der Waals surface area contributed by atoms with Crippen LogP contribution in [0.25, 0.3) is 15.9 Å². The van der Waals surface area contributed by atoms with E-state index in [1.807, 2.05) is 19.1 Å². The number of fused-ring (bicyclic) bond motifs is 1. The van der Waals surface area contributed by atoms with Crippen molar-refractivity contribution in [3.05, 3.63) is 45.9 Å². The SMILES string of the molecule is Cc1nn(-c2ccc(Cl)cc2)c2sc(C(=O)OC(C)C(N)=O)cc12. The summed E-state index contributed by atoms with van der Waals surface area (Å²) in [6, 6.07) is 8.96. The van der Waals surface area contributed by atoms with Crippen molar-refractivity contribution >= 4 is 45.0 Å². The van der Waals surface area contributed by atoms with Gasteiger partial charge in [-0.05, 0) is 44.2 Å². The Hall–Kier alpha value is -2.38. The number of aryl methyl sites for hydroxylation is 1. The van der Waals surface area contributed by atoms with Gasteiger partial charge in [0, 0.05) is 10.4 Å². The predicted octanol–water partition coefficient (Wildman–Crippen LogP) is 3.08. The van der Waals surface area contributed by atoms with Crippen molar-refractivity contribution in [2.24, 2.45) is 5.73 Å². The van der Waals surface area contributed by atoms with Crippen molar-refractivity contribution in [3.8, 4) is 5.69 Å². The van der Waals surface area contributed by atoms with E-state index in [1.54, 1.807) is 22.9 Å². The van der Waals surface area contributed by atoms with Crippen molar-refractivity contribution in [1.29, 1.82) is 0 Å². The molecule has 1 aromatic carbocycles. The molecule has 0 saturated carbocycles. The number of amides is 1. The summed E-state index contributed by atoms with van der Waals surface area (Å²) in [7, 11) is 0. The zero-order valence-electron chi connectivity index (χ0n) is 12.9. The van der Waals surface area contributed by atoms with Gasteiger partial charge in [-0.2, -0.15) is 5.10 Å². The van der Waals surface area contributed by atoms with Crippen LogP contribution in [-0.2, 0) is 9.53 Å². The second-order valence-electron chi connectivity index (χ2n) is 5.25. The van der Waals surface area contributed by atoms with Crippen molar-refractivity contribution in [3.63, 3.8) is 0 Å². The summed E-state index contributed by atoms with van der Waals surface area (Å²) in [6.07, 6.45) is -0.975. The van der Waals surface area contributed by atoms with Gasteiger partial charge in [0.2, 0.25) is 0 Å². The maximum absolute atomic E-state index is 12.2. The Kier molecular flexibility index (Phi) is 4.29. The van der Waals surface area contributed by atoms with E-state index in [2.05, 4.69) is 5.10 Å². The standard InChI is InChI=1S/C16H14ClN3O3S/c1-8-12-7-13(16(22)23-9(2)14(18)21)24-15(12)20(19-8)11-5-3-10(17)4-6-11/h3-7,9H,1-2H3,(H2,18,21). The fourth-order valence-corrected chi connectivity index (χ4v) is 3.37. The van der Waals surface area contributed by atoms with Gasteiger partial charge < -0.3 is 10.5 Å². The molecule has 1 unspecified atom stereocenters. The molecule has 6 nitrogen and oxygen atoms in total. The van der Waals surface area contributed by atoms with E-state index >= 15 is 0 Å². The molecule has 2 N–H and O–H groups in total. The zero-order valence-corrected chi connectivity index (χ0v) is 14.5. The first-order valence-electron chi connectivity index (χ1n) is 7.12. The number of nitrogens with two attached hydrogens (primary N) is 1. The Labute approximate surface area is 146 Å². The van der Waals surface area contributed by atoms with Crippen molar-refractivity contribution in [2.45, 2.75) is 20.0 Å². The van der Waals surface area contributed by atoms with E-state index in [1.165, 1.54) is 18.3 Å². The van der Waals surface area contributed by atoms with Gasteiger partial charge in [-0.3, -0.25) is 4.79 Å². The van der Waals surface area contributed by atoms with Crippen LogP contribution in [0.15, 0.2) is 30.3 Å². The maximum atomic E-state index is 12.2. The second-order valence-corrected chi connectivity index (χ2v) is 6.72. The molecule has 0 aliphatic heterocycles. The summed E-state index contributed by atoms with van der Waals surface area (Å²) in [6.45, 7) is 3.30. The largest absolute Gasteiger partial charge is 0.448 e. The highest BCUT2D eigenvalue weighted by atomic mass is 35.5. The number of hydrogen-bond acceptors (Lipinski definition) is 5. The third-order valence-corrected chi connectivity index (χ3v) is 4.84. The van der Waals surface area contributed by atoms with Crippen molar-refractivity contribution < 1.29 is 14.3 Å². The molecule has 0 bridgehead atoms. The Bertz CT molecular complexity index is 930. The van der Waals surface area contributed by atoms with Crippen molar-refractivity contribution in [2.75, 3.05) is 0 Å². The van der Waals surface area contributed by atoms with Crippen LogP contribution in [0.1, 0.15) is 22.3 Å². The average Bonchev–Trinajstić information content (AvgIpc) is 3.09. The number of nitrogens with zero attached hydrogens (tertiary/aromatic N) is 2. The number of aromatic nitrogens is 2. The summed E-state index contributed by atoms with van der Waals surface area (Å²) in [5.41, 5.74) is 6.74. The van der Waals surface area contributed by atoms with Gasteiger partial charge in [-0.25, -0.2) is 9.48 Å². The Balaban J connectivity index is 1.99. The average molecular weight is 364 g/mol. The first-order chi connectivity index (χ1) is 11.4. The lowest BCUT2D eigenvalue weighted by atomic mass is 10.3. The summed E-state index contributed by atoms with van der Waals surface area (Å²) in [5, 5.41) is 5.99. The predicted molar refractivity (Wildman–Crippen MR) is 92.8 cm³/mol. The minimum Gasteiger partial charge on any atom is -0.448 e. The Morgan fingerprint density at radius 2 is 2.00 bits per heavy atom. The van der Waals surface area contributed by atoms with Gasteiger partial charge in [0.25, 0.3) is 5.91 Å². The topological polar surface area (TPSA) is 87.2 Å².